The van der Waals surface area contributed by atoms with Crippen LogP contribution in [0.3, 0.4) is 0 Å². The van der Waals surface area contributed by atoms with Crippen molar-refractivity contribution in [2.75, 3.05) is 0 Å². The Balaban J connectivity index is 2.04. The van der Waals surface area contributed by atoms with Gasteiger partial charge in [0.25, 0.3) is 0 Å². The molecule has 2 heterocycles. The van der Waals surface area contributed by atoms with E-state index >= 15 is 0 Å². The van der Waals surface area contributed by atoms with Crippen molar-refractivity contribution < 1.29 is 9.05 Å². The van der Waals surface area contributed by atoms with Crippen molar-refractivity contribution in [2.24, 2.45) is 0 Å². The van der Waals surface area contributed by atoms with Crippen LogP contribution in [0.25, 0.3) is 0 Å². The highest BCUT2D eigenvalue weighted by Crippen LogP contribution is 2.21. The third-order valence-corrected chi connectivity index (χ3v) is 3.28. The molecule has 2 rings (SSSR count). The first-order chi connectivity index (χ1) is 7.07. The largest absolute Gasteiger partial charge is 0.285 e. The van der Waals surface area contributed by atoms with E-state index in [0.29, 0.717) is 10.8 Å². The molecule has 1 unspecified atom stereocenters. The van der Waals surface area contributed by atoms with Crippen molar-refractivity contribution in [3.05, 3.63) is 29.1 Å². The standard InChI is InChI=1S/C9H13N3O2S/c1-9(2)3-8(12-14-9)15(13)6-7-4-10-11-5-7/h3-5,12H,6H2,1-2H3,(H,10,11). The van der Waals surface area contributed by atoms with Gasteiger partial charge in [-0.05, 0) is 19.9 Å². The zero-order chi connectivity index (χ0) is 10.9. The van der Waals surface area contributed by atoms with E-state index < -0.39 is 10.8 Å². The van der Waals surface area contributed by atoms with Gasteiger partial charge in [0.2, 0.25) is 0 Å². The van der Waals surface area contributed by atoms with Crippen LogP contribution >= 0.6 is 0 Å². The van der Waals surface area contributed by atoms with E-state index in [2.05, 4.69) is 15.7 Å². The van der Waals surface area contributed by atoms with Crippen LogP contribution in [-0.2, 0) is 21.4 Å². The summed E-state index contributed by atoms with van der Waals surface area (Å²) < 4.78 is 11.9. The summed E-state index contributed by atoms with van der Waals surface area (Å²) in [5, 5.41) is 7.11. The zero-order valence-electron chi connectivity index (χ0n) is 8.61. The molecule has 1 aliphatic rings. The lowest BCUT2D eigenvalue weighted by Gasteiger charge is -2.11. The van der Waals surface area contributed by atoms with Crippen molar-refractivity contribution in [3.8, 4) is 0 Å². The number of hydrogen-bond donors (Lipinski definition) is 2. The molecule has 0 aliphatic carbocycles. The third-order valence-electron chi connectivity index (χ3n) is 1.99. The number of H-pyrrole nitrogens is 1. The highest BCUT2D eigenvalue weighted by Gasteiger charge is 2.26. The molecule has 0 saturated carbocycles. The molecular weight excluding hydrogens is 214 g/mol. The molecule has 1 atom stereocenters. The summed E-state index contributed by atoms with van der Waals surface area (Å²) in [6, 6.07) is 0. The Labute approximate surface area is 90.3 Å². The molecule has 1 aliphatic heterocycles. The van der Waals surface area contributed by atoms with E-state index in [1.165, 1.54) is 0 Å². The first kappa shape index (κ1) is 10.4. The van der Waals surface area contributed by atoms with Crippen molar-refractivity contribution in [2.45, 2.75) is 25.2 Å². The number of nitrogens with zero attached hydrogens (tertiary/aromatic N) is 1. The Morgan fingerprint density at radius 2 is 2.40 bits per heavy atom. The predicted molar refractivity (Wildman–Crippen MR) is 56.8 cm³/mol. The normalized spacial score (nSPS) is 20.8. The number of hydroxylamine groups is 1. The van der Waals surface area contributed by atoms with Gasteiger partial charge in [0.05, 0.1) is 22.7 Å². The van der Waals surface area contributed by atoms with E-state index in [1.54, 1.807) is 12.4 Å². The second-order valence-corrected chi connectivity index (χ2v) is 5.33. The fourth-order valence-electron chi connectivity index (χ4n) is 1.25. The summed E-state index contributed by atoms with van der Waals surface area (Å²) in [5.41, 5.74) is 3.22. The van der Waals surface area contributed by atoms with Gasteiger partial charge in [0.1, 0.15) is 10.6 Å². The Hall–Kier alpha value is -1.14. The second kappa shape index (κ2) is 3.79. The van der Waals surface area contributed by atoms with Gasteiger partial charge >= 0.3 is 0 Å². The van der Waals surface area contributed by atoms with Crippen molar-refractivity contribution >= 4 is 10.8 Å². The molecule has 0 fully saturated rings. The average Bonchev–Trinajstić information content (AvgIpc) is 2.74. The predicted octanol–water partition coefficient (Wildman–Crippen LogP) is 0.813. The van der Waals surface area contributed by atoms with E-state index in [0.717, 1.165) is 5.56 Å². The van der Waals surface area contributed by atoms with E-state index in [9.17, 15) is 4.21 Å². The Kier molecular flexibility index (Phi) is 2.62. The fourth-order valence-corrected chi connectivity index (χ4v) is 2.42. The zero-order valence-corrected chi connectivity index (χ0v) is 9.43. The fraction of sp³-hybridized carbons (Fsp3) is 0.444. The molecule has 0 saturated heterocycles. The molecule has 0 radical (unpaired) electrons. The number of aromatic amines is 1. The van der Waals surface area contributed by atoms with Crippen molar-refractivity contribution in [3.63, 3.8) is 0 Å². The minimum absolute atomic E-state index is 0.388. The molecule has 15 heavy (non-hydrogen) atoms. The quantitative estimate of drug-likeness (QED) is 0.802. The Morgan fingerprint density at radius 1 is 1.60 bits per heavy atom. The molecule has 1 aromatic heterocycles. The lowest BCUT2D eigenvalue weighted by Crippen LogP contribution is -2.21. The lowest BCUT2D eigenvalue weighted by atomic mass is 10.1. The van der Waals surface area contributed by atoms with Gasteiger partial charge in [-0.2, -0.15) is 5.10 Å². The van der Waals surface area contributed by atoms with Crippen LogP contribution in [0.5, 0.6) is 0 Å². The molecule has 5 nitrogen and oxygen atoms in total. The van der Waals surface area contributed by atoms with Crippen LogP contribution in [0.4, 0.5) is 0 Å². The minimum atomic E-state index is -1.11. The summed E-state index contributed by atoms with van der Waals surface area (Å²) in [6.07, 6.45) is 5.24. The Morgan fingerprint density at radius 3 is 2.93 bits per heavy atom. The van der Waals surface area contributed by atoms with Crippen LogP contribution in [0.1, 0.15) is 19.4 Å². The van der Waals surface area contributed by atoms with Gasteiger partial charge in [-0.15, -0.1) is 0 Å². The minimum Gasteiger partial charge on any atom is -0.285 e. The van der Waals surface area contributed by atoms with Crippen LogP contribution in [0.2, 0.25) is 0 Å². The molecule has 82 valence electrons. The highest BCUT2D eigenvalue weighted by molar-refractivity contribution is 7.88. The summed E-state index contributed by atoms with van der Waals surface area (Å²) in [6.45, 7) is 3.81. The first-order valence-corrected chi connectivity index (χ1v) is 5.92. The highest BCUT2D eigenvalue weighted by atomic mass is 32.2. The summed E-state index contributed by atoms with van der Waals surface area (Å²) in [7, 11) is -1.11. The van der Waals surface area contributed by atoms with E-state index in [1.807, 2.05) is 19.9 Å². The molecule has 0 bridgehead atoms. The van der Waals surface area contributed by atoms with E-state index in [-0.39, 0.29) is 5.60 Å². The van der Waals surface area contributed by atoms with Crippen LogP contribution in [-0.4, -0.2) is 20.0 Å². The van der Waals surface area contributed by atoms with Gasteiger partial charge < -0.3 is 0 Å². The topological polar surface area (TPSA) is 67.0 Å². The van der Waals surface area contributed by atoms with Gasteiger partial charge in [0, 0.05) is 11.8 Å². The molecule has 0 aromatic carbocycles. The summed E-state index contributed by atoms with van der Waals surface area (Å²) >= 11 is 0. The Bertz CT molecular complexity index is 397. The maximum atomic E-state index is 11.9. The third kappa shape index (κ3) is 2.45. The number of aromatic nitrogens is 2. The lowest BCUT2D eigenvalue weighted by molar-refractivity contribution is -0.0128. The number of rotatable bonds is 3. The molecule has 0 amide bonds. The first-order valence-electron chi connectivity index (χ1n) is 4.60. The molecule has 0 spiro atoms. The van der Waals surface area contributed by atoms with Gasteiger partial charge in [0.15, 0.2) is 0 Å². The maximum absolute atomic E-state index is 11.9. The number of nitrogens with one attached hydrogen (secondary N) is 2. The van der Waals surface area contributed by atoms with Gasteiger partial charge in [-0.3, -0.25) is 19.6 Å². The van der Waals surface area contributed by atoms with Crippen molar-refractivity contribution in [1.82, 2.24) is 15.7 Å². The van der Waals surface area contributed by atoms with Crippen molar-refractivity contribution in [1.29, 1.82) is 0 Å². The SMILES string of the molecule is CC1(C)C=C(S(=O)Cc2cn[nH]c2)NO1. The van der Waals surface area contributed by atoms with Gasteiger partial charge in [-0.25, -0.2) is 0 Å². The summed E-state index contributed by atoms with van der Waals surface area (Å²) in [4.78, 5) is 5.23. The van der Waals surface area contributed by atoms with Crippen LogP contribution < -0.4 is 5.48 Å². The molecule has 2 N–H and O–H groups in total. The van der Waals surface area contributed by atoms with Gasteiger partial charge in [-0.1, -0.05) is 0 Å². The number of hydrogen-bond acceptors (Lipinski definition) is 4. The molecular formula is C9H13N3O2S. The van der Waals surface area contributed by atoms with E-state index in [4.69, 9.17) is 4.84 Å². The smallest absolute Gasteiger partial charge is 0.124 e. The van der Waals surface area contributed by atoms with Crippen LogP contribution in [0, 0.1) is 0 Å². The maximum Gasteiger partial charge on any atom is 0.124 e. The summed E-state index contributed by atoms with van der Waals surface area (Å²) in [5.74, 6) is 0.439. The molecule has 6 heteroatoms. The second-order valence-electron chi connectivity index (χ2n) is 3.91. The average molecular weight is 227 g/mol. The molecule has 1 aromatic rings. The monoisotopic (exact) mass is 227 g/mol. The van der Waals surface area contributed by atoms with Crippen LogP contribution in [0.15, 0.2) is 23.5 Å².